The molecular weight excluding hydrogens is 463 g/mol. The van der Waals surface area contributed by atoms with Gasteiger partial charge < -0.3 is 4.74 Å². The van der Waals surface area contributed by atoms with E-state index in [1.165, 1.54) is 22.7 Å². The van der Waals surface area contributed by atoms with E-state index >= 15 is 0 Å². The highest BCUT2D eigenvalue weighted by Crippen LogP contribution is 2.33. The number of rotatable bonds is 4. The quantitative estimate of drug-likeness (QED) is 0.528. The largest absolute Gasteiger partial charge is 0.463 e. The van der Waals surface area contributed by atoms with Gasteiger partial charge in [-0.1, -0.05) is 46.7 Å². The van der Waals surface area contributed by atoms with E-state index in [4.69, 9.17) is 27.9 Å². The van der Waals surface area contributed by atoms with Crippen LogP contribution in [0.2, 0.25) is 10.0 Å². The van der Waals surface area contributed by atoms with Crippen LogP contribution in [0.3, 0.4) is 0 Å². The molecule has 0 fully saturated rings. The molecule has 1 atom stereocenters. The molecule has 3 aromatic rings. The van der Waals surface area contributed by atoms with Crippen molar-refractivity contribution < 1.29 is 9.53 Å². The molecular formula is C21H16Cl2N2O3S2. The molecule has 5 nitrogen and oxygen atoms in total. The number of thiophene rings is 1. The molecule has 0 aliphatic carbocycles. The Morgan fingerprint density at radius 1 is 1.27 bits per heavy atom. The van der Waals surface area contributed by atoms with Crippen molar-refractivity contribution in [2.24, 2.45) is 4.99 Å². The van der Waals surface area contributed by atoms with E-state index in [0.717, 1.165) is 4.88 Å². The number of halogens is 2. The van der Waals surface area contributed by atoms with Crippen LogP contribution < -0.4 is 14.9 Å². The summed E-state index contributed by atoms with van der Waals surface area (Å²) < 4.78 is 7.24. The predicted molar refractivity (Wildman–Crippen MR) is 121 cm³/mol. The van der Waals surface area contributed by atoms with E-state index in [1.807, 2.05) is 17.5 Å². The minimum Gasteiger partial charge on any atom is -0.463 e. The summed E-state index contributed by atoms with van der Waals surface area (Å²) in [4.78, 5) is 32.0. The number of esters is 1. The van der Waals surface area contributed by atoms with E-state index < -0.39 is 12.0 Å². The van der Waals surface area contributed by atoms with Crippen LogP contribution in [-0.4, -0.2) is 17.1 Å². The molecule has 0 spiro atoms. The number of thiazole rings is 1. The molecule has 0 bridgehead atoms. The molecule has 9 heteroatoms. The van der Waals surface area contributed by atoms with Crippen molar-refractivity contribution in [3.63, 3.8) is 0 Å². The SMILES string of the molecule is CCOC(=O)C1=C(C)N=c2s/c(=C\c3c(Cl)cccc3Cl)c(=O)n2[C@H]1c1cccs1. The molecule has 3 heterocycles. The Labute approximate surface area is 190 Å². The summed E-state index contributed by atoms with van der Waals surface area (Å²) in [5.41, 5.74) is 1.21. The fourth-order valence-electron chi connectivity index (χ4n) is 3.29. The fourth-order valence-corrected chi connectivity index (χ4v) is 5.65. The number of carbonyl (C=O) groups is 1. The van der Waals surface area contributed by atoms with Crippen LogP contribution in [0.1, 0.15) is 30.3 Å². The monoisotopic (exact) mass is 478 g/mol. The van der Waals surface area contributed by atoms with Crippen LogP contribution >= 0.6 is 45.9 Å². The summed E-state index contributed by atoms with van der Waals surface area (Å²) in [5, 5.41) is 2.81. The Balaban J connectivity index is 1.98. The summed E-state index contributed by atoms with van der Waals surface area (Å²) in [6.45, 7) is 3.74. The zero-order valence-corrected chi connectivity index (χ0v) is 19.2. The maximum atomic E-state index is 13.4. The van der Waals surface area contributed by atoms with Gasteiger partial charge in [0.05, 0.1) is 22.4 Å². The van der Waals surface area contributed by atoms with Gasteiger partial charge in [0.1, 0.15) is 6.04 Å². The second-order valence-electron chi connectivity index (χ2n) is 6.45. The van der Waals surface area contributed by atoms with Crippen LogP contribution in [0, 0.1) is 0 Å². The Morgan fingerprint density at radius 2 is 2.00 bits per heavy atom. The highest BCUT2D eigenvalue weighted by Gasteiger charge is 2.33. The standard InChI is InChI=1S/C21H16Cl2N2O3S2/c1-3-28-20(27)17-11(2)24-21-25(18(17)15-8-5-9-29-15)19(26)16(30-21)10-12-13(22)6-4-7-14(12)23/h4-10,18H,3H2,1-2H3/b16-10-/t18-/m0/s1. The van der Waals surface area contributed by atoms with Gasteiger partial charge in [0.15, 0.2) is 4.80 Å². The minimum absolute atomic E-state index is 0.238. The summed E-state index contributed by atoms with van der Waals surface area (Å²) in [6.07, 6.45) is 1.67. The first-order chi connectivity index (χ1) is 14.4. The number of benzene rings is 1. The van der Waals surface area contributed by atoms with E-state index in [1.54, 1.807) is 42.7 Å². The molecule has 4 rings (SSSR count). The Bertz CT molecular complexity index is 1320. The van der Waals surface area contributed by atoms with E-state index in [2.05, 4.69) is 4.99 Å². The maximum Gasteiger partial charge on any atom is 0.338 e. The van der Waals surface area contributed by atoms with Crippen molar-refractivity contribution in [2.75, 3.05) is 6.61 Å². The Kier molecular flexibility index (Phi) is 5.97. The van der Waals surface area contributed by atoms with E-state index in [0.29, 0.717) is 36.2 Å². The highest BCUT2D eigenvalue weighted by molar-refractivity contribution is 7.10. The van der Waals surface area contributed by atoms with Gasteiger partial charge in [-0.25, -0.2) is 9.79 Å². The van der Waals surface area contributed by atoms with Crippen LogP contribution in [0.5, 0.6) is 0 Å². The summed E-state index contributed by atoms with van der Waals surface area (Å²) in [6, 6.07) is 8.37. The lowest BCUT2D eigenvalue weighted by atomic mass is 10.0. The smallest absolute Gasteiger partial charge is 0.338 e. The number of ether oxygens (including phenoxy) is 1. The second kappa shape index (κ2) is 8.51. The van der Waals surface area contributed by atoms with Gasteiger partial charge in [-0.3, -0.25) is 9.36 Å². The van der Waals surface area contributed by atoms with Crippen molar-refractivity contribution >= 4 is 57.9 Å². The van der Waals surface area contributed by atoms with Gasteiger partial charge in [-0.05, 0) is 43.5 Å². The van der Waals surface area contributed by atoms with Crippen molar-refractivity contribution in [3.8, 4) is 0 Å². The van der Waals surface area contributed by atoms with E-state index in [9.17, 15) is 9.59 Å². The molecule has 0 saturated heterocycles. The average Bonchev–Trinajstić information content (AvgIpc) is 3.33. The van der Waals surface area contributed by atoms with Crippen molar-refractivity contribution in [1.29, 1.82) is 0 Å². The number of allylic oxidation sites excluding steroid dienone is 1. The number of aromatic nitrogens is 1. The molecule has 154 valence electrons. The Hall–Kier alpha value is -2.19. The third-order valence-electron chi connectivity index (χ3n) is 4.60. The lowest BCUT2D eigenvalue weighted by Crippen LogP contribution is -2.39. The number of nitrogens with zero attached hydrogens (tertiary/aromatic N) is 2. The first-order valence-corrected chi connectivity index (χ1v) is 11.5. The van der Waals surface area contributed by atoms with Crippen molar-refractivity contribution in [3.05, 3.63) is 87.2 Å². The minimum atomic E-state index is -0.593. The molecule has 0 radical (unpaired) electrons. The molecule has 0 saturated carbocycles. The fraction of sp³-hybridized carbons (Fsp3) is 0.190. The van der Waals surface area contributed by atoms with Gasteiger partial charge in [-0.2, -0.15) is 0 Å². The third-order valence-corrected chi connectivity index (χ3v) is 7.17. The first-order valence-electron chi connectivity index (χ1n) is 9.09. The second-order valence-corrected chi connectivity index (χ2v) is 9.26. The van der Waals surface area contributed by atoms with Gasteiger partial charge in [-0.15, -0.1) is 11.3 Å². The molecule has 1 aromatic carbocycles. The molecule has 1 aliphatic heterocycles. The Morgan fingerprint density at radius 3 is 2.63 bits per heavy atom. The number of fused-ring (bicyclic) bond motifs is 1. The van der Waals surface area contributed by atoms with Gasteiger partial charge >= 0.3 is 5.97 Å². The van der Waals surface area contributed by atoms with Crippen LogP contribution in [0.4, 0.5) is 0 Å². The normalized spacial score (nSPS) is 16.4. The first kappa shape index (κ1) is 21.1. The predicted octanol–water partition coefficient (Wildman–Crippen LogP) is 4.17. The third kappa shape index (κ3) is 3.67. The topological polar surface area (TPSA) is 60.7 Å². The van der Waals surface area contributed by atoms with Gasteiger partial charge in [0, 0.05) is 20.5 Å². The number of hydrogen-bond donors (Lipinski definition) is 0. The molecule has 1 aliphatic rings. The summed E-state index contributed by atoms with van der Waals surface area (Å²) in [7, 11) is 0. The zero-order valence-electron chi connectivity index (χ0n) is 16.0. The lowest BCUT2D eigenvalue weighted by Gasteiger charge is -2.23. The van der Waals surface area contributed by atoms with Crippen LogP contribution in [0.25, 0.3) is 6.08 Å². The van der Waals surface area contributed by atoms with E-state index in [-0.39, 0.29) is 12.2 Å². The van der Waals surface area contributed by atoms with Crippen molar-refractivity contribution in [2.45, 2.75) is 19.9 Å². The molecule has 2 aromatic heterocycles. The number of carbonyl (C=O) groups excluding carboxylic acids is 1. The maximum absolute atomic E-state index is 13.4. The van der Waals surface area contributed by atoms with Gasteiger partial charge in [0.2, 0.25) is 0 Å². The highest BCUT2D eigenvalue weighted by atomic mass is 35.5. The lowest BCUT2D eigenvalue weighted by molar-refractivity contribution is -0.139. The summed E-state index contributed by atoms with van der Waals surface area (Å²) in [5.74, 6) is -0.472. The van der Waals surface area contributed by atoms with Gasteiger partial charge in [0.25, 0.3) is 5.56 Å². The molecule has 0 amide bonds. The molecule has 0 unspecified atom stereocenters. The zero-order chi connectivity index (χ0) is 21.4. The average molecular weight is 479 g/mol. The van der Waals surface area contributed by atoms with Crippen LogP contribution in [0.15, 0.2) is 56.8 Å². The molecule has 0 N–H and O–H groups in total. The number of hydrogen-bond acceptors (Lipinski definition) is 6. The van der Waals surface area contributed by atoms with Crippen LogP contribution in [-0.2, 0) is 9.53 Å². The molecule has 30 heavy (non-hydrogen) atoms. The van der Waals surface area contributed by atoms with Crippen molar-refractivity contribution in [1.82, 2.24) is 4.57 Å². The summed E-state index contributed by atoms with van der Waals surface area (Å²) >= 11 is 15.3.